The Morgan fingerprint density at radius 2 is 1.83 bits per heavy atom. The normalized spacial score (nSPS) is 14.0. The lowest BCUT2D eigenvalue weighted by molar-refractivity contribution is 0.0303. The zero-order valence-corrected chi connectivity index (χ0v) is 18.1. The number of ether oxygens (including phenoxy) is 1. The standard InChI is InChI=1S/C22H24N4O3S/c1-14-13-23-25(3)18(14)20(27)24-21-17(22(28)26-9-11-29-12-10-26)15(2)19(30-21)16-7-5-4-6-8-16/h4-8,13H,9-12H2,1-3H3,(H,24,27). The van der Waals surface area contributed by atoms with Crippen molar-refractivity contribution in [2.24, 2.45) is 7.05 Å². The quantitative estimate of drug-likeness (QED) is 0.696. The molecule has 1 saturated heterocycles. The van der Waals surface area contributed by atoms with Gasteiger partial charge in [0.25, 0.3) is 11.8 Å². The summed E-state index contributed by atoms with van der Waals surface area (Å²) in [4.78, 5) is 29.2. The van der Waals surface area contributed by atoms with Gasteiger partial charge in [-0.25, -0.2) is 0 Å². The van der Waals surface area contributed by atoms with Gasteiger partial charge in [0, 0.05) is 25.0 Å². The minimum Gasteiger partial charge on any atom is -0.378 e. The summed E-state index contributed by atoms with van der Waals surface area (Å²) in [7, 11) is 1.73. The van der Waals surface area contributed by atoms with Crippen molar-refractivity contribution < 1.29 is 14.3 Å². The van der Waals surface area contributed by atoms with Crippen LogP contribution in [0.4, 0.5) is 5.00 Å². The van der Waals surface area contributed by atoms with Crippen LogP contribution >= 0.6 is 11.3 Å². The van der Waals surface area contributed by atoms with Crippen LogP contribution in [-0.4, -0.2) is 52.8 Å². The van der Waals surface area contributed by atoms with Crippen molar-refractivity contribution in [2.45, 2.75) is 13.8 Å². The Hall–Kier alpha value is -2.97. The van der Waals surface area contributed by atoms with E-state index in [-0.39, 0.29) is 11.8 Å². The highest BCUT2D eigenvalue weighted by Crippen LogP contribution is 2.40. The molecule has 1 aliphatic heterocycles. The van der Waals surface area contributed by atoms with Crippen molar-refractivity contribution in [1.29, 1.82) is 0 Å². The number of hydrogen-bond donors (Lipinski definition) is 1. The van der Waals surface area contributed by atoms with Crippen LogP contribution < -0.4 is 5.32 Å². The summed E-state index contributed by atoms with van der Waals surface area (Å²) in [6.45, 7) is 5.92. The average Bonchev–Trinajstić information content (AvgIpc) is 3.27. The first-order valence-electron chi connectivity index (χ1n) is 9.83. The van der Waals surface area contributed by atoms with Crippen molar-refractivity contribution in [3.8, 4) is 10.4 Å². The van der Waals surface area contributed by atoms with E-state index in [0.29, 0.717) is 42.6 Å². The Bertz CT molecular complexity index is 1060. The fraction of sp³-hybridized carbons (Fsp3) is 0.318. The molecule has 0 radical (unpaired) electrons. The number of aromatic nitrogens is 2. The number of carbonyl (C=O) groups excluding carboxylic acids is 2. The Morgan fingerprint density at radius 3 is 2.47 bits per heavy atom. The second kappa shape index (κ2) is 8.41. The van der Waals surface area contributed by atoms with Gasteiger partial charge in [0.15, 0.2) is 0 Å². The summed E-state index contributed by atoms with van der Waals surface area (Å²) < 4.78 is 6.94. The average molecular weight is 425 g/mol. The summed E-state index contributed by atoms with van der Waals surface area (Å²) >= 11 is 1.43. The third-order valence-corrected chi connectivity index (χ3v) is 6.52. The lowest BCUT2D eigenvalue weighted by Crippen LogP contribution is -2.41. The van der Waals surface area contributed by atoms with E-state index in [9.17, 15) is 9.59 Å². The van der Waals surface area contributed by atoms with Gasteiger partial charge in [-0.1, -0.05) is 30.3 Å². The monoisotopic (exact) mass is 424 g/mol. The van der Waals surface area contributed by atoms with Crippen LogP contribution in [0.3, 0.4) is 0 Å². The van der Waals surface area contributed by atoms with Crippen molar-refractivity contribution in [2.75, 3.05) is 31.6 Å². The number of morpholine rings is 1. The molecule has 30 heavy (non-hydrogen) atoms. The molecule has 0 unspecified atom stereocenters. The Labute approximate surface area is 179 Å². The van der Waals surface area contributed by atoms with Gasteiger partial charge in [-0.05, 0) is 30.5 Å². The number of hydrogen-bond acceptors (Lipinski definition) is 5. The predicted molar refractivity (Wildman–Crippen MR) is 117 cm³/mol. The molecule has 8 heteroatoms. The van der Waals surface area contributed by atoms with E-state index in [1.54, 1.807) is 22.8 Å². The van der Waals surface area contributed by atoms with E-state index in [1.165, 1.54) is 11.3 Å². The molecule has 1 aromatic carbocycles. The number of nitrogens with zero attached hydrogens (tertiary/aromatic N) is 3. The molecule has 0 aliphatic carbocycles. The Balaban J connectivity index is 1.76. The van der Waals surface area contributed by atoms with Crippen molar-refractivity contribution in [3.05, 3.63) is 58.9 Å². The summed E-state index contributed by atoms with van der Waals surface area (Å²) in [6.07, 6.45) is 1.66. The van der Waals surface area contributed by atoms with Crippen molar-refractivity contribution in [3.63, 3.8) is 0 Å². The van der Waals surface area contributed by atoms with E-state index < -0.39 is 0 Å². The summed E-state index contributed by atoms with van der Waals surface area (Å²) in [5, 5.41) is 7.70. The van der Waals surface area contributed by atoms with Gasteiger partial charge in [0.1, 0.15) is 10.7 Å². The topological polar surface area (TPSA) is 76.5 Å². The number of amides is 2. The third-order valence-electron chi connectivity index (χ3n) is 5.26. The highest BCUT2D eigenvalue weighted by molar-refractivity contribution is 7.20. The molecule has 1 fully saturated rings. The molecule has 3 heterocycles. The maximum Gasteiger partial charge on any atom is 0.274 e. The Morgan fingerprint density at radius 1 is 1.13 bits per heavy atom. The molecule has 0 spiro atoms. The first kappa shape index (κ1) is 20.3. The van der Waals surface area contributed by atoms with Crippen LogP contribution in [0.1, 0.15) is 32.0 Å². The van der Waals surface area contributed by atoms with E-state index in [2.05, 4.69) is 10.4 Å². The van der Waals surface area contributed by atoms with Crippen LogP contribution in [0.5, 0.6) is 0 Å². The molecular weight excluding hydrogens is 400 g/mol. The number of anilines is 1. The minimum atomic E-state index is -0.274. The number of thiophene rings is 1. The predicted octanol–water partition coefficient (Wildman–Crippen LogP) is 3.49. The minimum absolute atomic E-state index is 0.0775. The molecule has 4 rings (SSSR count). The fourth-order valence-corrected chi connectivity index (χ4v) is 4.88. The van der Waals surface area contributed by atoms with E-state index in [4.69, 9.17) is 4.74 Å². The molecule has 1 N–H and O–H groups in total. The van der Waals surface area contributed by atoms with Crippen LogP contribution in [0.15, 0.2) is 36.5 Å². The maximum atomic E-state index is 13.4. The molecule has 0 bridgehead atoms. The van der Waals surface area contributed by atoms with Gasteiger partial charge in [-0.15, -0.1) is 11.3 Å². The Kier molecular flexibility index (Phi) is 5.69. The lowest BCUT2D eigenvalue weighted by atomic mass is 10.1. The molecular formula is C22H24N4O3S. The second-order valence-electron chi connectivity index (χ2n) is 7.28. The largest absolute Gasteiger partial charge is 0.378 e. The first-order chi connectivity index (χ1) is 14.5. The van der Waals surface area contributed by atoms with Gasteiger partial charge in [0.2, 0.25) is 0 Å². The molecule has 2 aromatic heterocycles. The van der Waals surface area contributed by atoms with Gasteiger partial charge < -0.3 is 15.0 Å². The van der Waals surface area contributed by atoms with E-state index in [1.807, 2.05) is 44.2 Å². The lowest BCUT2D eigenvalue weighted by Gasteiger charge is -2.27. The molecule has 2 amide bonds. The summed E-state index contributed by atoms with van der Waals surface area (Å²) in [5.74, 6) is -0.351. The number of nitrogens with one attached hydrogen (secondary N) is 1. The van der Waals surface area contributed by atoms with Gasteiger partial charge in [0.05, 0.1) is 25.0 Å². The van der Waals surface area contributed by atoms with Crippen LogP contribution in [-0.2, 0) is 11.8 Å². The number of aryl methyl sites for hydroxylation is 2. The maximum absolute atomic E-state index is 13.4. The molecule has 1 aliphatic rings. The highest BCUT2D eigenvalue weighted by Gasteiger charge is 2.28. The summed E-state index contributed by atoms with van der Waals surface area (Å²) in [5.41, 5.74) is 3.71. The van der Waals surface area contributed by atoms with Crippen molar-refractivity contribution in [1.82, 2.24) is 14.7 Å². The van der Waals surface area contributed by atoms with E-state index >= 15 is 0 Å². The second-order valence-corrected chi connectivity index (χ2v) is 8.31. The SMILES string of the molecule is Cc1cnn(C)c1C(=O)Nc1sc(-c2ccccc2)c(C)c1C(=O)N1CCOCC1. The fourth-order valence-electron chi connectivity index (χ4n) is 3.68. The number of rotatable bonds is 4. The van der Waals surface area contributed by atoms with Gasteiger partial charge >= 0.3 is 0 Å². The molecule has 156 valence electrons. The highest BCUT2D eigenvalue weighted by atomic mass is 32.1. The molecule has 0 saturated carbocycles. The third kappa shape index (κ3) is 3.76. The smallest absolute Gasteiger partial charge is 0.274 e. The van der Waals surface area contributed by atoms with E-state index in [0.717, 1.165) is 21.6 Å². The summed E-state index contributed by atoms with van der Waals surface area (Å²) in [6, 6.07) is 9.92. The first-order valence-corrected chi connectivity index (χ1v) is 10.6. The number of benzene rings is 1. The number of carbonyl (C=O) groups is 2. The molecule has 0 atom stereocenters. The van der Waals surface area contributed by atoms with Gasteiger partial charge in [-0.2, -0.15) is 5.10 Å². The van der Waals surface area contributed by atoms with Crippen LogP contribution in [0.25, 0.3) is 10.4 Å². The zero-order valence-electron chi connectivity index (χ0n) is 17.3. The molecule has 3 aromatic rings. The van der Waals surface area contributed by atoms with Crippen molar-refractivity contribution >= 4 is 28.2 Å². The van der Waals surface area contributed by atoms with Gasteiger partial charge in [-0.3, -0.25) is 14.3 Å². The van der Waals surface area contributed by atoms with Crippen LogP contribution in [0, 0.1) is 13.8 Å². The van der Waals surface area contributed by atoms with Crippen LogP contribution in [0.2, 0.25) is 0 Å². The zero-order chi connectivity index (χ0) is 21.3. The molecule has 7 nitrogen and oxygen atoms in total.